The maximum Gasteiger partial charge on any atom is 0.147 e. The van der Waals surface area contributed by atoms with Crippen molar-refractivity contribution in [3.8, 4) is 0 Å². The average Bonchev–Trinajstić information content (AvgIpc) is 2.74. The van der Waals surface area contributed by atoms with Crippen molar-refractivity contribution in [2.75, 3.05) is 25.2 Å². The van der Waals surface area contributed by atoms with Gasteiger partial charge >= 0.3 is 0 Å². The lowest BCUT2D eigenvalue weighted by molar-refractivity contribution is 0.0754. The van der Waals surface area contributed by atoms with Crippen LogP contribution in [0.4, 0.5) is 0 Å². The quantitative estimate of drug-likeness (QED) is 0.718. The van der Waals surface area contributed by atoms with E-state index in [0.29, 0.717) is 6.04 Å². The molecule has 2 atom stereocenters. The summed E-state index contributed by atoms with van der Waals surface area (Å²) in [5.74, 6) is 0.282. The van der Waals surface area contributed by atoms with Crippen LogP contribution >= 0.6 is 0 Å². The fourth-order valence-corrected chi connectivity index (χ4v) is 2.93. The van der Waals surface area contributed by atoms with Gasteiger partial charge in [-0.25, -0.2) is 8.42 Å². The Morgan fingerprint density at radius 1 is 1.47 bits per heavy atom. The van der Waals surface area contributed by atoms with Crippen LogP contribution in [0.25, 0.3) is 0 Å². The van der Waals surface area contributed by atoms with E-state index in [1.54, 1.807) is 0 Å². The van der Waals surface area contributed by atoms with Gasteiger partial charge < -0.3 is 10.1 Å². The molecule has 1 aliphatic heterocycles. The SMILES string of the molecule is CCCNC(CCCS(C)(=O)=O)C1CCCO1. The molecule has 1 fully saturated rings. The molecule has 4 nitrogen and oxygen atoms in total. The second-order valence-electron chi connectivity index (χ2n) is 4.88. The molecular formula is C12H25NO3S. The van der Waals surface area contributed by atoms with Gasteiger partial charge in [-0.2, -0.15) is 0 Å². The summed E-state index contributed by atoms with van der Waals surface area (Å²) < 4.78 is 27.9. The number of ether oxygens (including phenoxy) is 1. The Labute approximate surface area is 105 Å². The largest absolute Gasteiger partial charge is 0.377 e. The summed E-state index contributed by atoms with van der Waals surface area (Å²) in [6, 6.07) is 0.319. The normalized spacial score (nSPS) is 22.8. The van der Waals surface area contributed by atoms with Crippen LogP contribution in [-0.4, -0.2) is 45.7 Å². The van der Waals surface area contributed by atoms with Gasteiger partial charge in [0, 0.05) is 24.7 Å². The van der Waals surface area contributed by atoms with E-state index in [9.17, 15) is 8.42 Å². The number of hydrogen-bond donors (Lipinski definition) is 1. The van der Waals surface area contributed by atoms with Crippen LogP contribution in [0.1, 0.15) is 39.0 Å². The highest BCUT2D eigenvalue weighted by molar-refractivity contribution is 7.90. The molecule has 1 rings (SSSR count). The molecule has 0 aromatic rings. The molecule has 0 aromatic carbocycles. The predicted octanol–water partition coefficient (Wildman–Crippen LogP) is 1.36. The van der Waals surface area contributed by atoms with Crippen molar-refractivity contribution >= 4 is 9.84 Å². The molecule has 17 heavy (non-hydrogen) atoms. The Hall–Kier alpha value is -0.130. The number of rotatable bonds is 8. The fourth-order valence-electron chi connectivity index (χ4n) is 2.23. The predicted molar refractivity (Wildman–Crippen MR) is 70.0 cm³/mol. The van der Waals surface area contributed by atoms with Gasteiger partial charge in [0.2, 0.25) is 0 Å². The molecule has 5 heteroatoms. The molecular weight excluding hydrogens is 238 g/mol. The van der Waals surface area contributed by atoms with Gasteiger partial charge in [-0.3, -0.25) is 0 Å². The third-order valence-electron chi connectivity index (χ3n) is 3.10. The van der Waals surface area contributed by atoms with Crippen LogP contribution in [0.2, 0.25) is 0 Å². The molecule has 0 amide bonds. The van der Waals surface area contributed by atoms with Crippen LogP contribution in [0.15, 0.2) is 0 Å². The summed E-state index contributed by atoms with van der Waals surface area (Å²) in [6.07, 6.45) is 6.50. The smallest absolute Gasteiger partial charge is 0.147 e. The lowest BCUT2D eigenvalue weighted by Gasteiger charge is -2.24. The molecule has 0 spiro atoms. The van der Waals surface area contributed by atoms with Crippen LogP contribution in [0.3, 0.4) is 0 Å². The van der Waals surface area contributed by atoms with E-state index in [4.69, 9.17) is 4.74 Å². The van der Waals surface area contributed by atoms with Gasteiger partial charge in [-0.1, -0.05) is 6.92 Å². The number of sulfone groups is 1. The highest BCUT2D eigenvalue weighted by Crippen LogP contribution is 2.19. The summed E-state index contributed by atoms with van der Waals surface area (Å²) in [7, 11) is -2.83. The van der Waals surface area contributed by atoms with E-state index < -0.39 is 9.84 Å². The zero-order valence-corrected chi connectivity index (χ0v) is 11.8. The minimum Gasteiger partial charge on any atom is -0.377 e. The molecule has 0 radical (unpaired) electrons. The maximum absolute atomic E-state index is 11.1. The zero-order valence-electron chi connectivity index (χ0n) is 10.9. The van der Waals surface area contributed by atoms with E-state index in [2.05, 4.69) is 12.2 Å². The van der Waals surface area contributed by atoms with Gasteiger partial charge in [0.1, 0.15) is 9.84 Å². The molecule has 0 bridgehead atoms. The first-order chi connectivity index (χ1) is 8.03. The molecule has 1 N–H and O–H groups in total. The Kier molecular flexibility index (Phi) is 6.44. The lowest BCUT2D eigenvalue weighted by atomic mass is 10.0. The van der Waals surface area contributed by atoms with Crippen molar-refractivity contribution in [3.63, 3.8) is 0 Å². The van der Waals surface area contributed by atoms with E-state index in [0.717, 1.165) is 45.3 Å². The summed E-state index contributed by atoms with van der Waals surface area (Å²) in [4.78, 5) is 0. The van der Waals surface area contributed by atoms with Gasteiger partial charge in [0.15, 0.2) is 0 Å². The molecule has 1 aliphatic rings. The van der Waals surface area contributed by atoms with E-state index in [1.165, 1.54) is 6.26 Å². The van der Waals surface area contributed by atoms with Crippen molar-refractivity contribution in [3.05, 3.63) is 0 Å². The van der Waals surface area contributed by atoms with Crippen LogP contribution in [0, 0.1) is 0 Å². The van der Waals surface area contributed by atoms with Crippen molar-refractivity contribution in [2.45, 2.75) is 51.2 Å². The number of nitrogens with one attached hydrogen (secondary N) is 1. The van der Waals surface area contributed by atoms with Gasteiger partial charge in [-0.05, 0) is 38.6 Å². The van der Waals surface area contributed by atoms with Gasteiger partial charge in [0.25, 0.3) is 0 Å². The van der Waals surface area contributed by atoms with Crippen molar-refractivity contribution < 1.29 is 13.2 Å². The van der Waals surface area contributed by atoms with Crippen molar-refractivity contribution in [2.24, 2.45) is 0 Å². The average molecular weight is 263 g/mol. The van der Waals surface area contributed by atoms with Gasteiger partial charge in [-0.15, -0.1) is 0 Å². The molecule has 102 valence electrons. The van der Waals surface area contributed by atoms with Gasteiger partial charge in [0.05, 0.1) is 6.10 Å². The lowest BCUT2D eigenvalue weighted by Crippen LogP contribution is -2.40. The minimum atomic E-state index is -2.83. The first kappa shape index (κ1) is 14.9. The molecule has 2 unspecified atom stereocenters. The van der Waals surface area contributed by atoms with E-state index in [1.807, 2.05) is 0 Å². The minimum absolute atomic E-state index is 0.279. The Bertz CT molecular complexity index is 297. The molecule has 1 heterocycles. The summed E-state index contributed by atoms with van der Waals surface area (Å²) in [5, 5.41) is 3.48. The summed E-state index contributed by atoms with van der Waals surface area (Å²) in [6.45, 7) is 3.96. The number of hydrogen-bond acceptors (Lipinski definition) is 4. The molecule has 0 saturated carbocycles. The Morgan fingerprint density at radius 2 is 2.24 bits per heavy atom. The third-order valence-corrected chi connectivity index (χ3v) is 4.13. The van der Waals surface area contributed by atoms with Crippen LogP contribution in [-0.2, 0) is 14.6 Å². The Morgan fingerprint density at radius 3 is 2.76 bits per heavy atom. The van der Waals surface area contributed by atoms with E-state index in [-0.39, 0.29) is 11.9 Å². The molecule has 1 saturated heterocycles. The fraction of sp³-hybridized carbons (Fsp3) is 1.00. The van der Waals surface area contributed by atoms with Crippen molar-refractivity contribution in [1.29, 1.82) is 0 Å². The van der Waals surface area contributed by atoms with E-state index >= 15 is 0 Å². The summed E-state index contributed by atoms with van der Waals surface area (Å²) in [5.41, 5.74) is 0. The topological polar surface area (TPSA) is 55.4 Å². The third kappa shape index (κ3) is 6.38. The Balaban J connectivity index is 2.34. The van der Waals surface area contributed by atoms with Crippen molar-refractivity contribution in [1.82, 2.24) is 5.32 Å². The van der Waals surface area contributed by atoms with Crippen LogP contribution in [0.5, 0.6) is 0 Å². The second kappa shape index (κ2) is 7.34. The highest BCUT2D eigenvalue weighted by atomic mass is 32.2. The highest BCUT2D eigenvalue weighted by Gasteiger charge is 2.25. The molecule has 0 aromatic heterocycles. The monoisotopic (exact) mass is 263 g/mol. The first-order valence-corrected chi connectivity index (χ1v) is 8.61. The molecule has 0 aliphatic carbocycles. The standard InChI is InChI=1S/C12H25NO3S/c1-3-8-13-11(12-7-4-9-16-12)6-5-10-17(2,14)15/h11-13H,3-10H2,1-2H3. The first-order valence-electron chi connectivity index (χ1n) is 6.55. The summed E-state index contributed by atoms with van der Waals surface area (Å²) >= 11 is 0. The zero-order chi connectivity index (χ0) is 12.7. The maximum atomic E-state index is 11.1. The van der Waals surface area contributed by atoms with Crippen LogP contribution < -0.4 is 5.32 Å². The second-order valence-corrected chi connectivity index (χ2v) is 7.14.